The second kappa shape index (κ2) is 4.79. The van der Waals surface area contributed by atoms with Gasteiger partial charge in [0, 0.05) is 5.39 Å². The van der Waals surface area contributed by atoms with Crippen molar-refractivity contribution in [1.82, 2.24) is 4.98 Å². The summed E-state index contributed by atoms with van der Waals surface area (Å²) in [6.07, 6.45) is 1.95. The van der Waals surface area contributed by atoms with Crippen molar-refractivity contribution in [2.75, 3.05) is 0 Å². The molecule has 0 aliphatic carbocycles. The fraction of sp³-hybridized carbons (Fsp3) is 0.250. The maximum Gasteiger partial charge on any atom is 0.133 e. The number of pyridine rings is 1. The summed E-state index contributed by atoms with van der Waals surface area (Å²) in [5.41, 5.74) is 1.72. The lowest BCUT2D eigenvalue weighted by atomic mass is 10.1. The first kappa shape index (κ1) is 12.0. The van der Waals surface area contributed by atoms with Crippen LogP contribution in [0.1, 0.15) is 18.9 Å². The number of hydrogen-bond acceptors (Lipinski definition) is 1. The minimum absolute atomic E-state index is 0.462. The van der Waals surface area contributed by atoms with Gasteiger partial charge in [-0.2, -0.15) is 0 Å². The van der Waals surface area contributed by atoms with Crippen LogP contribution in [0.2, 0.25) is 15.2 Å². The Morgan fingerprint density at radius 2 is 1.94 bits per heavy atom. The Balaban J connectivity index is 2.69. The van der Waals surface area contributed by atoms with E-state index < -0.39 is 0 Å². The van der Waals surface area contributed by atoms with Crippen molar-refractivity contribution in [3.63, 3.8) is 0 Å². The Bertz CT molecular complexity index is 537. The van der Waals surface area contributed by atoms with Gasteiger partial charge in [0.15, 0.2) is 0 Å². The number of fused-ring (bicyclic) bond motifs is 1. The van der Waals surface area contributed by atoms with E-state index in [1.165, 1.54) is 0 Å². The minimum atomic E-state index is 0.462. The van der Waals surface area contributed by atoms with Gasteiger partial charge in [0.05, 0.1) is 15.6 Å². The predicted molar refractivity (Wildman–Crippen MR) is 70.8 cm³/mol. The molecule has 0 aliphatic rings. The smallest absolute Gasteiger partial charge is 0.133 e. The highest BCUT2D eigenvalue weighted by molar-refractivity contribution is 6.45. The van der Waals surface area contributed by atoms with Crippen LogP contribution in [0, 0.1) is 0 Å². The molecule has 0 atom stereocenters. The number of aryl methyl sites for hydroxylation is 1. The molecule has 1 aromatic carbocycles. The fourth-order valence-corrected chi connectivity index (χ4v) is 2.25. The van der Waals surface area contributed by atoms with Gasteiger partial charge in [-0.05, 0) is 24.1 Å². The molecule has 0 aliphatic heterocycles. The minimum Gasteiger partial charge on any atom is -0.234 e. The van der Waals surface area contributed by atoms with Gasteiger partial charge < -0.3 is 0 Å². The Morgan fingerprint density at radius 1 is 1.19 bits per heavy atom. The van der Waals surface area contributed by atoms with Gasteiger partial charge >= 0.3 is 0 Å². The van der Waals surface area contributed by atoms with E-state index in [1.807, 2.05) is 12.1 Å². The van der Waals surface area contributed by atoms with Crippen LogP contribution in [0.15, 0.2) is 18.2 Å². The molecule has 0 amide bonds. The lowest BCUT2D eigenvalue weighted by molar-refractivity contribution is 0.918. The van der Waals surface area contributed by atoms with Gasteiger partial charge in [0.1, 0.15) is 5.15 Å². The molecule has 0 spiro atoms. The molecule has 0 saturated heterocycles. The van der Waals surface area contributed by atoms with Crippen LogP contribution < -0.4 is 0 Å². The van der Waals surface area contributed by atoms with E-state index in [0.717, 1.165) is 23.8 Å². The van der Waals surface area contributed by atoms with E-state index in [4.69, 9.17) is 34.8 Å². The van der Waals surface area contributed by atoms with E-state index in [-0.39, 0.29) is 0 Å². The van der Waals surface area contributed by atoms with E-state index in [9.17, 15) is 0 Å². The maximum absolute atomic E-state index is 6.09. The van der Waals surface area contributed by atoms with Crippen molar-refractivity contribution < 1.29 is 0 Å². The summed E-state index contributed by atoms with van der Waals surface area (Å²) in [6.45, 7) is 2.11. The van der Waals surface area contributed by atoms with Crippen LogP contribution in [0.5, 0.6) is 0 Å². The van der Waals surface area contributed by atoms with Gasteiger partial charge in [0.25, 0.3) is 0 Å². The van der Waals surface area contributed by atoms with Gasteiger partial charge in [-0.3, -0.25) is 0 Å². The Morgan fingerprint density at radius 3 is 2.62 bits per heavy atom. The number of aromatic nitrogens is 1. The van der Waals surface area contributed by atoms with Crippen LogP contribution in [-0.4, -0.2) is 4.98 Å². The van der Waals surface area contributed by atoms with E-state index in [0.29, 0.717) is 20.7 Å². The lowest BCUT2D eigenvalue weighted by Gasteiger charge is -2.06. The monoisotopic (exact) mass is 273 g/mol. The standard InChI is InChI=1S/C12H10Cl3N/c1-2-3-8-6-7-4-5-9(13)10(14)11(7)16-12(8)15/h4-6H,2-3H2,1H3. The van der Waals surface area contributed by atoms with Gasteiger partial charge in [0.2, 0.25) is 0 Å². The molecule has 16 heavy (non-hydrogen) atoms. The summed E-state index contributed by atoms with van der Waals surface area (Å²) in [5.74, 6) is 0. The third-order valence-corrected chi connectivity index (χ3v) is 3.55. The van der Waals surface area contributed by atoms with Crippen LogP contribution in [0.3, 0.4) is 0 Å². The molecule has 4 heteroatoms. The normalized spacial score (nSPS) is 11.0. The zero-order chi connectivity index (χ0) is 11.7. The van der Waals surface area contributed by atoms with Gasteiger partial charge in [-0.25, -0.2) is 4.98 Å². The number of nitrogens with zero attached hydrogens (tertiary/aromatic N) is 1. The molecule has 0 fully saturated rings. The SMILES string of the molecule is CCCc1cc2ccc(Cl)c(Cl)c2nc1Cl. The van der Waals surface area contributed by atoms with Crippen molar-refractivity contribution in [3.05, 3.63) is 39.0 Å². The highest BCUT2D eigenvalue weighted by Gasteiger charge is 2.09. The molecule has 84 valence electrons. The Kier molecular flexibility index (Phi) is 3.58. The molecule has 1 nitrogen and oxygen atoms in total. The van der Waals surface area contributed by atoms with Crippen molar-refractivity contribution in [2.24, 2.45) is 0 Å². The molecule has 0 unspecified atom stereocenters. The van der Waals surface area contributed by atoms with E-state index >= 15 is 0 Å². The number of halogens is 3. The van der Waals surface area contributed by atoms with Gasteiger partial charge in [-0.1, -0.05) is 54.2 Å². The highest BCUT2D eigenvalue weighted by Crippen LogP contribution is 2.31. The lowest BCUT2D eigenvalue weighted by Crippen LogP contribution is -1.90. The zero-order valence-corrected chi connectivity index (χ0v) is 11.0. The van der Waals surface area contributed by atoms with Crippen LogP contribution in [0.4, 0.5) is 0 Å². The molecule has 1 aromatic heterocycles. The summed E-state index contributed by atoms with van der Waals surface area (Å²) >= 11 is 18.1. The summed E-state index contributed by atoms with van der Waals surface area (Å²) in [5, 5.41) is 2.45. The average Bonchev–Trinajstić information content (AvgIpc) is 2.26. The van der Waals surface area contributed by atoms with Crippen LogP contribution >= 0.6 is 34.8 Å². The topological polar surface area (TPSA) is 12.9 Å². The first-order valence-corrected chi connectivity index (χ1v) is 6.20. The third kappa shape index (κ3) is 2.13. The first-order valence-electron chi connectivity index (χ1n) is 5.06. The molecule has 0 saturated carbocycles. The summed E-state index contributed by atoms with van der Waals surface area (Å²) in [4.78, 5) is 4.30. The van der Waals surface area contributed by atoms with Crippen molar-refractivity contribution >= 4 is 45.7 Å². The molecule has 2 aromatic rings. The van der Waals surface area contributed by atoms with Crippen molar-refractivity contribution in [2.45, 2.75) is 19.8 Å². The van der Waals surface area contributed by atoms with Crippen molar-refractivity contribution in [1.29, 1.82) is 0 Å². The maximum atomic E-state index is 6.09. The van der Waals surface area contributed by atoms with E-state index in [2.05, 4.69) is 11.9 Å². The molecular formula is C12H10Cl3N. The second-order valence-corrected chi connectivity index (χ2v) is 4.76. The zero-order valence-electron chi connectivity index (χ0n) is 8.73. The number of rotatable bonds is 2. The predicted octanol–water partition coefficient (Wildman–Crippen LogP) is 5.15. The quantitative estimate of drug-likeness (QED) is 0.690. The van der Waals surface area contributed by atoms with Gasteiger partial charge in [-0.15, -0.1) is 0 Å². The van der Waals surface area contributed by atoms with Crippen LogP contribution in [0.25, 0.3) is 10.9 Å². The Hall–Kier alpha value is -0.500. The van der Waals surface area contributed by atoms with E-state index in [1.54, 1.807) is 6.07 Å². The Labute approximate surface area is 109 Å². The summed E-state index contributed by atoms with van der Waals surface area (Å²) in [7, 11) is 0. The molecule has 1 heterocycles. The first-order chi connectivity index (χ1) is 7.63. The van der Waals surface area contributed by atoms with Crippen LogP contribution in [-0.2, 0) is 6.42 Å². The van der Waals surface area contributed by atoms with Crippen molar-refractivity contribution in [3.8, 4) is 0 Å². The molecule has 0 radical (unpaired) electrons. The summed E-state index contributed by atoms with van der Waals surface area (Å²) < 4.78 is 0. The second-order valence-electron chi connectivity index (χ2n) is 3.62. The largest absolute Gasteiger partial charge is 0.234 e. The summed E-state index contributed by atoms with van der Waals surface area (Å²) in [6, 6.07) is 5.71. The number of hydrogen-bond donors (Lipinski definition) is 0. The fourth-order valence-electron chi connectivity index (χ4n) is 1.65. The number of benzene rings is 1. The highest BCUT2D eigenvalue weighted by atomic mass is 35.5. The third-order valence-electron chi connectivity index (χ3n) is 2.42. The average molecular weight is 275 g/mol. The molecule has 2 rings (SSSR count). The molecule has 0 N–H and O–H groups in total. The molecule has 0 bridgehead atoms. The molecular weight excluding hydrogens is 264 g/mol.